The Bertz CT molecular complexity index is 368. The molecule has 1 saturated heterocycles. The average Bonchev–Trinajstić information content (AvgIpc) is 3.15. The van der Waals surface area contributed by atoms with Crippen LogP contribution in [0.25, 0.3) is 0 Å². The standard InChI is InChI=1S/C13H18O5/c1-5-11(18-12(14)8(2)3)9(4)13(15)17-7-10-6-16-10/h10-11H,2,4-7H2,1,3H3. The fourth-order valence-corrected chi connectivity index (χ4v) is 1.19. The molecule has 0 radical (unpaired) electrons. The monoisotopic (exact) mass is 254 g/mol. The zero-order valence-corrected chi connectivity index (χ0v) is 10.7. The van der Waals surface area contributed by atoms with Crippen molar-refractivity contribution in [3.63, 3.8) is 0 Å². The maximum atomic E-state index is 11.6. The molecule has 100 valence electrons. The van der Waals surface area contributed by atoms with Crippen LogP contribution < -0.4 is 0 Å². The van der Waals surface area contributed by atoms with Gasteiger partial charge < -0.3 is 14.2 Å². The third kappa shape index (κ3) is 4.33. The molecule has 2 atom stereocenters. The SMILES string of the molecule is C=C(C)C(=O)OC(CC)C(=C)C(=O)OCC1CO1. The molecular weight excluding hydrogens is 236 g/mol. The van der Waals surface area contributed by atoms with E-state index in [1.54, 1.807) is 13.8 Å². The first kappa shape index (κ1) is 14.4. The van der Waals surface area contributed by atoms with Crippen LogP contribution in [-0.4, -0.2) is 37.4 Å². The summed E-state index contributed by atoms with van der Waals surface area (Å²) in [5, 5.41) is 0. The summed E-state index contributed by atoms with van der Waals surface area (Å²) in [6.07, 6.45) is -0.228. The van der Waals surface area contributed by atoms with Crippen LogP contribution in [-0.2, 0) is 23.8 Å². The topological polar surface area (TPSA) is 65.1 Å². The normalized spacial score (nSPS) is 18.7. The highest BCUT2D eigenvalue weighted by Crippen LogP contribution is 2.15. The summed E-state index contributed by atoms with van der Waals surface area (Å²) in [5.41, 5.74) is 0.411. The first-order chi connectivity index (χ1) is 8.45. The third-order valence-electron chi connectivity index (χ3n) is 2.42. The Morgan fingerprint density at radius 1 is 1.39 bits per heavy atom. The first-order valence-electron chi connectivity index (χ1n) is 5.79. The van der Waals surface area contributed by atoms with Crippen LogP contribution in [0.4, 0.5) is 0 Å². The summed E-state index contributed by atoms with van der Waals surface area (Å²) in [6.45, 7) is 11.2. The summed E-state index contributed by atoms with van der Waals surface area (Å²) < 4.78 is 15.0. The molecule has 0 bridgehead atoms. The predicted octanol–water partition coefficient (Wildman–Crippen LogP) is 1.38. The van der Waals surface area contributed by atoms with Gasteiger partial charge >= 0.3 is 11.9 Å². The van der Waals surface area contributed by atoms with Gasteiger partial charge in [0.2, 0.25) is 0 Å². The van der Waals surface area contributed by atoms with Crippen molar-refractivity contribution in [2.24, 2.45) is 0 Å². The van der Waals surface area contributed by atoms with E-state index in [0.29, 0.717) is 13.0 Å². The largest absolute Gasteiger partial charge is 0.459 e. The van der Waals surface area contributed by atoms with Crippen LogP contribution in [0, 0.1) is 0 Å². The molecule has 1 aliphatic heterocycles. The van der Waals surface area contributed by atoms with Crippen molar-refractivity contribution in [1.29, 1.82) is 0 Å². The predicted molar refractivity (Wildman–Crippen MR) is 64.8 cm³/mol. The van der Waals surface area contributed by atoms with Gasteiger partial charge in [-0.05, 0) is 13.3 Å². The molecule has 5 heteroatoms. The quantitative estimate of drug-likeness (QED) is 0.390. The lowest BCUT2D eigenvalue weighted by Crippen LogP contribution is -2.25. The number of ether oxygens (including phenoxy) is 3. The van der Waals surface area contributed by atoms with E-state index in [0.717, 1.165) is 0 Å². The van der Waals surface area contributed by atoms with Crippen molar-refractivity contribution >= 4 is 11.9 Å². The van der Waals surface area contributed by atoms with Crippen molar-refractivity contribution in [3.05, 3.63) is 24.3 Å². The molecule has 2 unspecified atom stereocenters. The summed E-state index contributed by atoms with van der Waals surface area (Å²) in [6, 6.07) is 0. The number of rotatable bonds is 7. The van der Waals surface area contributed by atoms with E-state index in [9.17, 15) is 9.59 Å². The van der Waals surface area contributed by atoms with E-state index in [4.69, 9.17) is 14.2 Å². The van der Waals surface area contributed by atoms with Crippen LogP contribution >= 0.6 is 0 Å². The average molecular weight is 254 g/mol. The van der Waals surface area contributed by atoms with Gasteiger partial charge in [-0.25, -0.2) is 9.59 Å². The molecule has 0 spiro atoms. The molecule has 0 aromatic heterocycles. The molecular formula is C13H18O5. The van der Waals surface area contributed by atoms with E-state index in [-0.39, 0.29) is 23.9 Å². The van der Waals surface area contributed by atoms with Gasteiger partial charge in [0.25, 0.3) is 0 Å². The number of carbonyl (C=O) groups excluding carboxylic acids is 2. The van der Waals surface area contributed by atoms with Crippen LogP contribution in [0.3, 0.4) is 0 Å². The lowest BCUT2D eigenvalue weighted by Gasteiger charge is -2.17. The van der Waals surface area contributed by atoms with Gasteiger partial charge in [-0.1, -0.05) is 20.1 Å². The molecule has 18 heavy (non-hydrogen) atoms. The van der Waals surface area contributed by atoms with E-state index < -0.39 is 18.0 Å². The van der Waals surface area contributed by atoms with Gasteiger partial charge in [0.15, 0.2) is 0 Å². The second-order valence-corrected chi connectivity index (χ2v) is 4.16. The zero-order valence-electron chi connectivity index (χ0n) is 10.7. The van der Waals surface area contributed by atoms with Crippen LogP contribution in [0.1, 0.15) is 20.3 Å². The lowest BCUT2D eigenvalue weighted by molar-refractivity contribution is -0.146. The molecule has 0 aliphatic carbocycles. The summed E-state index contributed by atoms with van der Waals surface area (Å²) in [4.78, 5) is 23.0. The van der Waals surface area contributed by atoms with E-state index in [1.165, 1.54) is 0 Å². The molecule has 0 N–H and O–H groups in total. The Morgan fingerprint density at radius 2 is 2.00 bits per heavy atom. The lowest BCUT2D eigenvalue weighted by atomic mass is 10.1. The summed E-state index contributed by atoms with van der Waals surface area (Å²) in [7, 11) is 0. The van der Waals surface area contributed by atoms with Crippen molar-refractivity contribution in [3.8, 4) is 0 Å². The summed E-state index contributed by atoms with van der Waals surface area (Å²) >= 11 is 0. The molecule has 1 heterocycles. The molecule has 0 saturated carbocycles. The highest BCUT2D eigenvalue weighted by atomic mass is 16.6. The maximum Gasteiger partial charge on any atom is 0.337 e. The number of carbonyl (C=O) groups is 2. The molecule has 1 aliphatic rings. The van der Waals surface area contributed by atoms with Gasteiger partial charge in [0, 0.05) is 5.57 Å². The van der Waals surface area contributed by atoms with Gasteiger partial charge in [-0.3, -0.25) is 0 Å². The zero-order chi connectivity index (χ0) is 13.7. The summed E-state index contributed by atoms with van der Waals surface area (Å²) in [5.74, 6) is -1.10. The van der Waals surface area contributed by atoms with Crippen molar-refractivity contribution < 1.29 is 23.8 Å². The second-order valence-electron chi connectivity index (χ2n) is 4.16. The minimum absolute atomic E-state index is 0.000188. The highest BCUT2D eigenvalue weighted by Gasteiger charge is 2.27. The van der Waals surface area contributed by atoms with Gasteiger partial charge in [0.05, 0.1) is 12.2 Å². The Morgan fingerprint density at radius 3 is 2.44 bits per heavy atom. The molecule has 5 nitrogen and oxygen atoms in total. The van der Waals surface area contributed by atoms with E-state index >= 15 is 0 Å². The van der Waals surface area contributed by atoms with Crippen molar-refractivity contribution in [1.82, 2.24) is 0 Å². The Balaban J connectivity index is 2.46. The number of epoxide rings is 1. The second kappa shape index (κ2) is 6.35. The van der Waals surface area contributed by atoms with Crippen molar-refractivity contribution in [2.75, 3.05) is 13.2 Å². The fraction of sp³-hybridized carbons (Fsp3) is 0.538. The Hall–Kier alpha value is -1.62. The van der Waals surface area contributed by atoms with E-state index in [1.807, 2.05) is 0 Å². The van der Waals surface area contributed by atoms with Gasteiger partial charge in [0.1, 0.15) is 18.8 Å². The van der Waals surface area contributed by atoms with Crippen LogP contribution in [0.15, 0.2) is 24.3 Å². The van der Waals surface area contributed by atoms with Gasteiger partial charge in [-0.2, -0.15) is 0 Å². The molecule has 1 rings (SSSR count). The fourth-order valence-electron chi connectivity index (χ4n) is 1.19. The molecule has 0 aromatic rings. The minimum Gasteiger partial charge on any atom is -0.459 e. The highest BCUT2D eigenvalue weighted by molar-refractivity contribution is 5.91. The number of hydrogen-bond donors (Lipinski definition) is 0. The molecule has 0 aromatic carbocycles. The number of esters is 2. The molecule has 0 amide bonds. The van der Waals surface area contributed by atoms with Crippen LogP contribution in [0.2, 0.25) is 0 Å². The third-order valence-corrected chi connectivity index (χ3v) is 2.42. The Kier molecular flexibility index (Phi) is 5.09. The first-order valence-corrected chi connectivity index (χ1v) is 5.79. The van der Waals surface area contributed by atoms with Gasteiger partial charge in [-0.15, -0.1) is 0 Å². The van der Waals surface area contributed by atoms with Crippen LogP contribution in [0.5, 0.6) is 0 Å². The Labute approximate surface area is 106 Å². The number of hydrogen-bond acceptors (Lipinski definition) is 5. The molecule has 1 fully saturated rings. The minimum atomic E-state index is -0.679. The smallest absolute Gasteiger partial charge is 0.337 e. The van der Waals surface area contributed by atoms with Crippen molar-refractivity contribution in [2.45, 2.75) is 32.5 Å². The van der Waals surface area contributed by atoms with E-state index in [2.05, 4.69) is 13.2 Å². The maximum absolute atomic E-state index is 11.6.